The molecule has 0 unspecified atom stereocenters. The lowest BCUT2D eigenvalue weighted by Gasteiger charge is -2.52. The second-order valence-corrected chi connectivity index (χ2v) is 12.1. The van der Waals surface area contributed by atoms with Crippen molar-refractivity contribution in [2.75, 3.05) is 26.2 Å². The van der Waals surface area contributed by atoms with Gasteiger partial charge in [0.1, 0.15) is 18.1 Å². The fourth-order valence-electron chi connectivity index (χ4n) is 6.88. The second kappa shape index (κ2) is 11.4. The maximum atomic E-state index is 13.6. The molecule has 0 bridgehead atoms. The monoisotopic (exact) mass is 606 g/mol. The van der Waals surface area contributed by atoms with E-state index in [2.05, 4.69) is 45.9 Å². The first kappa shape index (κ1) is 28.7. The lowest BCUT2D eigenvalue weighted by molar-refractivity contribution is -0.145. The number of aromatic amines is 1. The molecule has 0 radical (unpaired) electrons. The Hall–Kier alpha value is -4.09. The van der Waals surface area contributed by atoms with Gasteiger partial charge in [-0.2, -0.15) is 28.5 Å². The average Bonchev–Trinajstić information content (AvgIpc) is 3.77. The molecule has 2 saturated heterocycles. The fraction of sp³-hybridized carbons (Fsp3) is 0.533. The van der Waals surface area contributed by atoms with Gasteiger partial charge >= 0.3 is 6.18 Å². The van der Waals surface area contributed by atoms with Gasteiger partial charge in [0.2, 0.25) is 11.7 Å². The molecule has 0 spiro atoms. The van der Waals surface area contributed by atoms with Crippen molar-refractivity contribution < 1.29 is 17.9 Å². The van der Waals surface area contributed by atoms with Crippen molar-refractivity contribution >= 4 is 11.0 Å². The number of rotatable bonds is 8. The molecule has 2 aliphatic heterocycles. The van der Waals surface area contributed by atoms with Crippen LogP contribution < -0.4 is 4.74 Å². The SMILES string of the molecule is N#CCC1(n2cc(-c3ncnc4[nH]ccc34)cn2)CC(N2CCC(Oc3cc(CN4CCCC4)nc(C(F)(F)F)n3)CC2)C1. The van der Waals surface area contributed by atoms with Crippen molar-refractivity contribution in [1.29, 1.82) is 5.26 Å². The van der Waals surface area contributed by atoms with Crippen molar-refractivity contribution in [2.24, 2.45) is 0 Å². The first-order valence-corrected chi connectivity index (χ1v) is 15.1. The van der Waals surface area contributed by atoms with Gasteiger partial charge in [-0.3, -0.25) is 14.5 Å². The lowest BCUT2D eigenvalue weighted by atomic mass is 9.69. The molecule has 0 atom stereocenters. The third-order valence-corrected chi connectivity index (χ3v) is 9.21. The molecule has 230 valence electrons. The van der Waals surface area contributed by atoms with Crippen LogP contribution in [0.4, 0.5) is 13.2 Å². The molecule has 11 nitrogen and oxygen atoms in total. The molecular formula is C30H33F3N10O. The smallest absolute Gasteiger partial charge is 0.451 e. The van der Waals surface area contributed by atoms with E-state index in [4.69, 9.17) is 4.74 Å². The fourth-order valence-corrected chi connectivity index (χ4v) is 6.88. The van der Waals surface area contributed by atoms with Crippen molar-refractivity contribution in [3.63, 3.8) is 0 Å². The molecule has 44 heavy (non-hydrogen) atoms. The van der Waals surface area contributed by atoms with Crippen LogP contribution >= 0.6 is 0 Å². The Morgan fingerprint density at radius 1 is 1.09 bits per heavy atom. The van der Waals surface area contributed by atoms with Crippen molar-refractivity contribution in [1.82, 2.24) is 44.5 Å². The molecule has 1 N–H and O–H groups in total. The summed E-state index contributed by atoms with van der Waals surface area (Å²) < 4.78 is 48.7. The largest absolute Gasteiger partial charge is 0.474 e. The summed E-state index contributed by atoms with van der Waals surface area (Å²) in [6.07, 6.45) is 7.63. The van der Waals surface area contributed by atoms with Crippen LogP contribution in [0.3, 0.4) is 0 Å². The number of alkyl halides is 3. The van der Waals surface area contributed by atoms with Crippen LogP contribution in [0.2, 0.25) is 0 Å². The topological polar surface area (TPSA) is 125 Å². The number of hydrogen-bond donors (Lipinski definition) is 1. The zero-order valence-electron chi connectivity index (χ0n) is 24.2. The minimum Gasteiger partial charge on any atom is -0.474 e. The summed E-state index contributed by atoms with van der Waals surface area (Å²) in [6, 6.07) is 6.14. The Morgan fingerprint density at radius 3 is 2.64 bits per heavy atom. The highest BCUT2D eigenvalue weighted by atomic mass is 19.4. The number of likely N-dealkylation sites (tertiary alicyclic amines) is 2. The van der Waals surface area contributed by atoms with Crippen LogP contribution in [0, 0.1) is 11.3 Å². The van der Waals surface area contributed by atoms with E-state index in [1.807, 2.05) is 23.1 Å². The molecule has 4 aromatic rings. The van der Waals surface area contributed by atoms with Gasteiger partial charge in [-0.25, -0.2) is 15.0 Å². The Bertz CT molecular complexity index is 1660. The van der Waals surface area contributed by atoms with E-state index in [1.54, 1.807) is 12.3 Å². The highest BCUT2D eigenvalue weighted by molar-refractivity contribution is 5.90. The summed E-state index contributed by atoms with van der Waals surface area (Å²) in [7, 11) is 0. The highest BCUT2D eigenvalue weighted by Gasteiger charge is 2.49. The summed E-state index contributed by atoms with van der Waals surface area (Å²) in [5.74, 6) is -1.16. The molecule has 14 heteroatoms. The standard InChI is InChI=1S/C30H33F3N10O/c31-30(32,33)28-39-21(18-41-9-1-2-10-41)13-25(40-28)44-23-4-11-42(12-5-23)22-14-29(15-22,6-7-34)43-17-20(16-38-43)26-24-3-8-35-27(24)37-19-36-26/h3,8,13,16-17,19,22-23H,1-2,4-6,9-12,14-15,18H2,(H,35,36,37). The van der Waals surface area contributed by atoms with Crippen LogP contribution in [0.5, 0.6) is 5.88 Å². The number of nitrogens with one attached hydrogen (secondary N) is 1. The highest BCUT2D eigenvalue weighted by Crippen LogP contribution is 2.45. The van der Waals surface area contributed by atoms with Gasteiger partial charge in [-0.15, -0.1) is 0 Å². The van der Waals surface area contributed by atoms with Gasteiger partial charge in [0.05, 0.1) is 35.6 Å². The van der Waals surface area contributed by atoms with E-state index >= 15 is 0 Å². The molecule has 6 heterocycles. The van der Waals surface area contributed by atoms with Gasteiger partial charge in [-0.05, 0) is 57.7 Å². The van der Waals surface area contributed by atoms with E-state index in [1.165, 1.54) is 6.33 Å². The first-order chi connectivity index (χ1) is 21.3. The normalized spacial score (nSPS) is 23.5. The Labute approximate surface area is 252 Å². The van der Waals surface area contributed by atoms with E-state index < -0.39 is 17.5 Å². The minimum absolute atomic E-state index is 0.00765. The Morgan fingerprint density at radius 2 is 1.89 bits per heavy atom. The molecule has 0 aromatic carbocycles. The summed E-state index contributed by atoms with van der Waals surface area (Å²) in [5.41, 5.74) is 2.37. The van der Waals surface area contributed by atoms with E-state index in [0.717, 1.165) is 74.2 Å². The quantitative estimate of drug-likeness (QED) is 0.308. The minimum atomic E-state index is -4.64. The van der Waals surface area contributed by atoms with Crippen LogP contribution in [0.1, 0.15) is 56.5 Å². The number of nitrogens with zero attached hydrogens (tertiary/aromatic N) is 9. The molecular weight excluding hydrogens is 573 g/mol. The van der Waals surface area contributed by atoms with Crippen LogP contribution in [0.15, 0.2) is 37.1 Å². The number of hydrogen-bond acceptors (Lipinski definition) is 9. The zero-order valence-corrected chi connectivity index (χ0v) is 24.2. The molecule has 7 rings (SSSR count). The number of fused-ring (bicyclic) bond motifs is 1. The van der Waals surface area contributed by atoms with Crippen molar-refractivity contribution in [2.45, 2.75) is 75.4 Å². The maximum absolute atomic E-state index is 13.6. The van der Waals surface area contributed by atoms with Crippen LogP contribution in [-0.4, -0.2) is 82.8 Å². The number of nitriles is 1. The summed E-state index contributed by atoms with van der Waals surface area (Å²) in [6.45, 7) is 3.59. The zero-order chi connectivity index (χ0) is 30.3. The third-order valence-electron chi connectivity index (χ3n) is 9.21. The van der Waals surface area contributed by atoms with Crippen molar-refractivity contribution in [3.05, 3.63) is 48.6 Å². The lowest BCUT2D eigenvalue weighted by Crippen LogP contribution is -2.58. The van der Waals surface area contributed by atoms with Gasteiger partial charge in [0.15, 0.2) is 0 Å². The van der Waals surface area contributed by atoms with E-state index in [-0.39, 0.29) is 18.0 Å². The Balaban J connectivity index is 0.984. The molecule has 0 amide bonds. The number of H-pyrrole nitrogens is 1. The average molecular weight is 607 g/mol. The molecule has 4 aromatic heterocycles. The number of halogens is 3. The summed E-state index contributed by atoms with van der Waals surface area (Å²) >= 11 is 0. The molecule has 1 saturated carbocycles. The molecule has 3 aliphatic rings. The summed E-state index contributed by atoms with van der Waals surface area (Å²) in [4.78, 5) is 23.9. The molecule has 1 aliphatic carbocycles. The van der Waals surface area contributed by atoms with Gasteiger partial charge < -0.3 is 9.72 Å². The predicted molar refractivity (Wildman–Crippen MR) is 153 cm³/mol. The number of aromatic nitrogens is 7. The Kier molecular flexibility index (Phi) is 7.45. The van der Waals surface area contributed by atoms with E-state index in [9.17, 15) is 18.4 Å². The maximum Gasteiger partial charge on any atom is 0.451 e. The third kappa shape index (κ3) is 5.61. The van der Waals surface area contributed by atoms with Crippen molar-refractivity contribution in [3.8, 4) is 23.2 Å². The second-order valence-electron chi connectivity index (χ2n) is 12.1. The van der Waals surface area contributed by atoms with Crippen LogP contribution in [-0.2, 0) is 18.3 Å². The number of ether oxygens (including phenoxy) is 1. The van der Waals surface area contributed by atoms with Crippen LogP contribution in [0.25, 0.3) is 22.3 Å². The number of piperidine rings is 1. The van der Waals surface area contributed by atoms with Gasteiger partial charge in [0, 0.05) is 55.1 Å². The molecule has 3 fully saturated rings. The van der Waals surface area contributed by atoms with Gasteiger partial charge in [0.25, 0.3) is 0 Å². The van der Waals surface area contributed by atoms with Gasteiger partial charge in [-0.1, -0.05) is 0 Å². The first-order valence-electron chi connectivity index (χ1n) is 15.1. The summed E-state index contributed by atoms with van der Waals surface area (Å²) in [5, 5.41) is 15.3. The predicted octanol–water partition coefficient (Wildman–Crippen LogP) is 4.54. The van der Waals surface area contributed by atoms with E-state index in [0.29, 0.717) is 31.5 Å².